The van der Waals surface area contributed by atoms with Crippen LogP contribution in [0.2, 0.25) is 0 Å². The number of nitrogens with one attached hydrogen (secondary N) is 1. The summed E-state index contributed by atoms with van der Waals surface area (Å²) in [4.78, 5) is 2.38. The molecule has 1 N–H and O–H groups in total. The van der Waals surface area contributed by atoms with E-state index in [0.29, 0.717) is 6.04 Å². The molecule has 0 bridgehead atoms. The summed E-state index contributed by atoms with van der Waals surface area (Å²) in [6, 6.07) is 0.587. The minimum absolute atomic E-state index is 0.587. The van der Waals surface area contributed by atoms with E-state index in [1.807, 2.05) is 0 Å². The molecule has 2 atom stereocenters. The average Bonchev–Trinajstić information content (AvgIpc) is 2.01. The lowest BCUT2D eigenvalue weighted by Gasteiger charge is -2.31. The third-order valence-electron chi connectivity index (χ3n) is 2.15. The van der Waals surface area contributed by atoms with Gasteiger partial charge in [-0.2, -0.15) is 0 Å². The molecule has 4 heteroatoms. The molecule has 0 aromatic rings. The molecule has 0 amide bonds. The Morgan fingerprint density at radius 3 is 3.00 bits per heavy atom. The van der Waals surface area contributed by atoms with E-state index in [0.717, 1.165) is 31.9 Å². The summed E-state index contributed by atoms with van der Waals surface area (Å²) in [5.74, 6) is 0.812. The Balaban J connectivity index is 2.18. The summed E-state index contributed by atoms with van der Waals surface area (Å²) in [5.41, 5.74) is 0. The van der Waals surface area contributed by atoms with Crippen LogP contribution >= 0.6 is 0 Å². The second-order valence-corrected chi connectivity index (χ2v) is 4.99. The fourth-order valence-corrected chi connectivity index (χ4v) is 1.99. The van der Waals surface area contributed by atoms with E-state index < -0.39 is 10.8 Å². The maximum atomic E-state index is 10.8. The maximum Gasteiger partial charge on any atom is 0.0359 e. The van der Waals surface area contributed by atoms with Crippen molar-refractivity contribution in [2.75, 3.05) is 38.2 Å². The van der Waals surface area contributed by atoms with E-state index in [1.165, 1.54) is 0 Å². The number of hydrogen-bond donors (Lipinski definition) is 1. The van der Waals surface area contributed by atoms with Gasteiger partial charge in [0.15, 0.2) is 0 Å². The predicted octanol–water partition coefficient (Wildman–Crippen LogP) is -0.341. The molecule has 1 rings (SSSR count). The van der Waals surface area contributed by atoms with E-state index in [4.69, 9.17) is 0 Å². The van der Waals surface area contributed by atoms with Gasteiger partial charge in [0.25, 0.3) is 0 Å². The van der Waals surface area contributed by atoms with Crippen molar-refractivity contribution in [2.24, 2.45) is 0 Å². The van der Waals surface area contributed by atoms with E-state index in [9.17, 15) is 4.21 Å². The van der Waals surface area contributed by atoms with Gasteiger partial charge in [-0.1, -0.05) is 0 Å². The first-order chi connectivity index (χ1) is 5.68. The molecule has 0 radical (unpaired) electrons. The van der Waals surface area contributed by atoms with Crippen LogP contribution in [-0.4, -0.2) is 53.3 Å². The van der Waals surface area contributed by atoms with Crippen LogP contribution < -0.4 is 5.32 Å². The highest BCUT2D eigenvalue weighted by atomic mass is 32.2. The van der Waals surface area contributed by atoms with Crippen LogP contribution in [0.4, 0.5) is 0 Å². The number of nitrogens with zero attached hydrogens (tertiary/aromatic N) is 1. The molecule has 1 aliphatic rings. The van der Waals surface area contributed by atoms with Gasteiger partial charge < -0.3 is 5.32 Å². The Morgan fingerprint density at radius 1 is 1.67 bits per heavy atom. The van der Waals surface area contributed by atoms with Crippen LogP contribution in [0, 0.1) is 0 Å². The zero-order chi connectivity index (χ0) is 8.97. The Bertz CT molecular complexity index is 163. The van der Waals surface area contributed by atoms with Gasteiger partial charge in [-0.15, -0.1) is 0 Å². The fraction of sp³-hybridized carbons (Fsp3) is 1.00. The molecule has 1 unspecified atom stereocenters. The van der Waals surface area contributed by atoms with Crippen LogP contribution in [0.1, 0.15) is 6.92 Å². The molecule has 1 fully saturated rings. The van der Waals surface area contributed by atoms with Crippen molar-refractivity contribution in [3.63, 3.8) is 0 Å². The summed E-state index contributed by atoms with van der Waals surface area (Å²) in [6.45, 7) is 6.43. The minimum Gasteiger partial charge on any atom is -0.312 e. The van der Waals surface area contributed by atoms with Gasteiger partial charge >= 0.3 is 0 Å². The maximum absolute atomic E-state index is 10.8. The molecule has 0 spiro atoms. The minimum atomic E-state index is -0.641. The van der Waals surface area contributed by atoms with Crippen molar-refractivity contribution < 1.29 is 4.21 Å². The molecule has 3 nitrogen and oxygen atoms in total. The van der Waals surface area contributed by atoms with Gasteiger partial charge in [-0.3, -0.25) is 9.11 Å². The normalized spacial score (nSPS) is 28.7. The summed E-state index contributed by atoms with van der Waals surface area (Å²) < 4.78 is 10.8. The summed E-state index contributed by atoms with van der Waals surface area (Å²) in [6.07, 6.45) is 1.77. The van der Waals surface area contributed by atoms with Crippen LogP contribution in [0.25, 0.3) is 0 Å². The topological polar surface area (TPSA) is 32.3 Å². The SMILES string of the molecule is C[C@H]1CN(CCS(C)=O)CCN1. The molecule has 0 aliphatic carbocycles. The van der Waals surface area contributed by atoms with Gasteiger partial charge in [-0.05, 0) is 6.92 Å². The highest BCUT2D eigenvalue weighted by Gasteiger charge is 2.14. The Kier molecular flexibility index (Phi) is 4.18. The lowest BCUT2D eigenvalue weighted by molar-refractivity contribution is 0.218. The van der Waals surface area contributed by atoms with Gasteiger partial charge in [0.2, 0.25) is 0 Å². The molecular weight excluding hydrogens is 172 g/mol. The standard InChI is InChI=1S/C8H18N2OS/c1-8-7-10(4-3-9-8)5-6-12(2)11/h8-9H,3-7H2,1-2H3/t8-,12?/m0/s1. The van der Waals surface area contributed by atoms with Crippen molar-refractivity contribution >= 4 is 10.8 Å². The second kappa shape index (κ2) is 4.94. The average molecular weight is 190 g/mol. The summed E-state index contributed by atoms with van der Waals surface area (Å²) in [5, 5.41) is 3.38. The molecular formula is C8H18N2OS. The van der Waals surface area contributed by atoms with Crippen molar-refractivity contribution in [2.45, 2.75) is 13.0 Å². The Labute approximate surface area is 77.0 Å². The van der Waals surface area contributed by atoms with Gasteiger partial charge in [0, 0.05) is 55.0 Å². The number of rotatable bonds is 3. The van der Waals surface area contributed by atoms with Crippen molar-refractivity contribution in [3.05, 3.63) is 0 Å². The first-order valence-electron chi connectivity index (χ1n) is 4.44. The van der Waals surface area contributed by atoms with Crippen LogP contribution in [-0.2, 0) is 10.8 Å². The molecule has 0 aromatic carbocycles. The fourth-order valence-electron chi connectivity index (χ4n) is 1.47. The Morgan fingerprint density at radius 2 is 2.42 bits per heavy atom. The third-order valence-corrected chi connectivity index (χ3v) is 2.91. The van der Waals surface area contributed by atoms with Crippen molar-refractivity contribution in [1.82, 2.24) is 10.2 Å². The monoisotopic (exact) mass is 190 g/mol. The second-order valence-electron chi connectivity index (χ2n) is 3.43. The van der Waals surface area contributed by atoms with E-state index >= 15 is 0 Å². The lowest BCUT2D eigenvalue weighted by atomic mass is 10.2. The van der Waals surface area contributed by atoms with Crippen molar-refractivity contribution in [1.29, 1.82) is 0 Å². The predicted molar refractivity (Wildman–Crippen MR) is 52.8 cm³/mol. The van der Waals surface area contributed by atoms with E-state index in [-0.39, 0.29) is 0 Å². The van der Waals surface area contributed by atoms with Crippen LogP contribution in [0.5, 0.6) is 0 Å². The molecule has 0 saturated carbocycles. The highest BCUT2D eigenvalue weighted by molar-refractivity contribution is 7.84. The first-order valence-corrected chi connectivity index (χ1v) is 6.17. The van der Waals surface area contributed by atoms with Gasteiger partial charge in [0.05, 0.1) is 0 Å². The number of piperazine rings is 1. The van der Waals surface area contributed by atoms with Crippen LogP contribution in [0.15, 0.2) is 0 Å². The third kappa shape index (κ3) is 3.65. The largest absolute Gasteiger partial charge is 0.312 e. The number of hydrogen-bond acceptors (Lipinski definition) is 3. The smallest absolute Gasteiger partial charge is 0.0359 e. The molecule has 1 aliphatic heterocycles. The molecule has 1 heterocycles. The molecule has 72 valence electrons. The first kappa shape index (κ1) is 10.2. The summed E-state index contributed by atoms with van der Waals surface area (Å²) in [7, 11) is -0.641. The molecule has 0 aromatic heterocycles. The molecule has 12 heavy (non-hydrogen) atoms. The van der Waals surface area contributed by atoms with Crippen LogP contribution in [0.3, 0.4) is 0 Å². The quantitative estimate of drug-likeness (QED) is 0.661. The lowest BCUT2D eigenvalue weighted by Crippen LogP contribution is -2.50. The van der Waals surface area contributed by atoms with E-state index in [2.05, 4.69) is 17.1 Å². The van der Waals surface area contributed by atoms with Crippen molar-refractivity contribution in [3.8, 4) is 0 Å². The Hall–Kier alpha value is 0.0700. The summed E-state index contributed by atoms with van der Waals surface area (Å²) >= 11 is 0. The van der Waals surface area contributed by atoms with Gasteiger partial charge in [-0.25, -0.2) is 0 Å². The van der Waals surface area contributed by atoms with Gasteiger partial charge in [0.1, 0.15) is 0 Å². The highest BCUT2D eigenvalue weighted by Crippen LogP contribution is 1.97. The molecule has 1 saturated heterocycles. The van der Waals surface area contributed by atoms with E-state index in [1.54, 1.807) is 6.26 Å². The zero-order valence-electron chi connectivity index (χ0n) is 7.88. The zero-order valence-corrected chi connectivity index (χ0v) is 8.69.